The van der Waals surface area contributed by atoms with Gasteiger partial charge in [0.1, 0.15) is 11.6 Å². The second-order valence-corrected chi connectivity index (χ2v) is 6.73. The molecular weight excluding hydrogens is 314 g/mol. The number of nitrogens with zero attached hydrogens (tertiary/aromatic N) is 3. The zero-order chi connectivity index (χ0) is 17.7. The number of hydrogen-bond donors (Lipinski definition) is 1. The molecule has 3 rings (SSSR count). The average Bonchev–Trinajstić information content (AvgIpc) is 2.68. The van der Waals surface area contributed by atoms with E-state index >= 15 is 0 Å². The molecule has 0 aliphatic carbocycles. The van der Waals surface area contributed by atoms with Gasteiger partial charge in [-0.05, 0) is 49.1 Å². The zero-order valence-electron chi connectivity index (χ0n) is 14.5. The Hall–Kier alpha value is -2.58. The van der Waals surface area contributed by atoms with Crippen LogP contribution in [0.5, 0.6) is 5.75 Å². The van der Waals surface area contributed by atoms with Crippen LogP contribution >= 0.6 is 0 Å². The maximum atomic E-state index is 10.2. The SMILES string of the molecule is COc1cccc(C[C@]2(CO)CCCN(c3cc(C#N)ccn3)C2)c1. The van der Waals surface area contributed by atoms with Crippen molar-refractivity contribution in [2.24, 2.45) is 5.41 Å². The highest BCUT2D eigenvalue weighted by Crippen LogP contribution is 2.35. The van der Waals surface area contributed by atoms with E-state index in [1.54, 1.807) is 19.4 Å². The summed E-state index contributed by atoms with van der Waals surface area (Å²) in [7, 11) is 1.66. The van der Waals surface area contributed by atoms with Crippen molar-refractivity contribution < 1.29 is 9.84 Å². The number of piperidine rings is 1. The summed E-state index contributed by atoms with van der Waals surface area (Å²) >= 11 is 0. The normalized spacial score (nSPS) is 20.1. The fourth-order valence-corrected chi connectivity index (χ4v) is 3.61. The lowest BCUT2D eigenvalue weighted by Crippen LogP contribution is -2.47. The van der Waals surface area contributed by atoms with Crippen LogP contribution in [-0.2, 0) is 6.42 Å². The highest BCUT2D eigenvalue weighted by molar-refractivity contribution is 5.45. The minimum absolute atomic E-state index is 0.124. The average molecular weight is 337 g/mol. The van der Waals surface area contributed by atoms with Crippen LogP contribution in [0.4, 0.5) is 5.82 Å². The topological polar surface area (TPSA) is 69.4 Å². The zero-order valence-corrected chi connectivity index (χ0v) is 14.5. The number of benzene rings is 1. The van der Waals surface area contributed by atoms with Gasteiger partial charge in [-0.3, -0.25) is 0 Å². The fourth-order valence-electron chi connectivity index (χ4n) is 3.61. The highest BCUT2D eigenvalue weighted by Gasteiger charge is 2.35. The Morgan fingerprint density at radius 1 is 1.36 bits per heavy atom. The minimum atomic E-state index is -0.213. The largest absolute Gasteiger partial charge is 0.497 e. The molecule has 1 aliphatic rings. The van der Waals surface area contributed by atoms with Crippen molar-refractivity contribution in [1.82, 2.24) is 4.98 Å². The van der Waals surface area contributed by atoms with Gasteiger partial charge in [0, 0.05) is 24.7 Å². The van der Waals surface area contributed by atoms with E-state index in [0.717, 1.165) is 49.5 Å². The molecule has 1 aliphatic heterocycles. The van der Waals surface area contributed by atoms with Crippen LogP contribution in [0.1, 0.15) is 24.0 Å². The summed E-state index contributed by atoms with van der Waals surface area (Å²) in [6, 6.07) is 13.7. The number of aliphatic hydroxyl groups excluding tert-OH is 1. The van der Waals surface area contributed by atoms with Crippen LogP contribution < -0.4 is 9.64 Å². The molecule has 1 aromatic heterocycles. The van der Waals surface area contributed by atoms with E-state index in [9.17, 15) is 5.11 Å². The number of aliphatic hydroxyl groups is 1. The molecule has 0 unspecified atom stereocenters. The van der Waals surface area contributed by atoms with Gasteiger partial charge in [0.15, 0.2) is 0 Å². The number of rotatable bonds is 5. The molecule has 0 spiro atoms. The smallest absolute Gasteiger partial charge is 0.129 e. The standard InChI is InChI=1S/C20H23N3O2/c1-25-18-5-2-4-16(10-18)12-20(15-24)7-3-9-23(14-20)19-11-17(13-21)6-8-22-19/h2,4-6,8,10-11,24H,3,7,9,12,14-15H2,1H3/t20-/m1/s1. The van der Waals surface area contributed by atoms with Crippen molar-refractivity contribution in [3.8, 4) is 11.8 Å². The first kappa shape index (κ1) is 17.2. The van der Waals surface area contributed by atoms with E-state index in [2.05, 4.69) is 22.0 Å². The van der Waals surface area contributed by atoms with Gasteiger partial charge < -0.3 is 14.7 Å². The molecule has 0 saturated carbocycles. The van der Waals surface area contributed by atoms with Crippen molar-refractivity contribution in [3.63, 3.8) is 0 Å². The summed E-state index contributed by atoms with van der Waals surface area (Å²) in [5, 5.41) is 19.3. The van der Waals surface area contributed by atoms with Crippen molar-refractivity contribution >= 4 is 5.82 Å². The molecule has 130 valence electrons. The third-order valence-corrected chi connectivity index (χ3v) is 4.91. The van der Waals surface area contributed by atoms with Gasteiger partial charge in [-0.1, -0.05) is 12.1 Å². The summed E-state index contributed by atoms with van der Waals surface area (Å²) in [4.78, 5) is 6.60. The van der Waals surface area contributed by atoms with E-state index in [-0.39, 0.29) is 12.0 Å². The molecule has 1 fully saturated rings. The van der Waals surface area contributed by atoms with Crippen LogP contribution in [0.25, 0.3) is 0 Å². The first-order chi connectivity index (χ1) is 12.2. The maximum Gasteiger partial charge on any atom is 0.129 e. The number of anilines is 1. The molecular formula is C20H23N3O2. The molecule has 2 aromatic rings. The lowest BCUT2D eigenvalue weighted by Gasteiger charge is -2.42. The van der Waals surface area contributed by atoms with Gasteiger partial charge >= 0.3 is 0 Å². The van der Waals surface area contributed by atoms with Gasteiger partial charge in [-0.25, -0.2) is 4.98 Å². The maximum absolute atomic E-state index is 10.2. The molecule has 25 heavy (non-hydrogen) atoms. The number of aromatic nitrogens is 1. The van der Waals surface area contributed by atoms with Crippen LogP contribution in [-0.4, -0.2) is 36.9 Å². The number of hydrogen-bond acceptors (Lipinski definition) is 5. The first-order valence-electron chi connectivity index (χ1n) is 8.53. The summed E-state index contributed by atoms with van der Waals surface area (Å²) in [6.45, 7) is 1.74. The summed E-state index contributed by atoms with van der Waals surface area (Å²) in [5.74, 6) is 1.64. The number of pyridine rings is 1. The Bertz CT molecular complexity index is 772. The lowest BCUT2D eigenvalue weighted by atomic mass is 9.75. The van der Waals surface area contributed by atoms with Crippen LogP contribution in [0.3, 0.4) is 0 Å². The van der Waals surface area contributed by atoms with E-state index < -0.39 is 0 Å². The second-order valence-electron chi connectivity index (χ2n) is 6.73. The third-order valence-electron chi connectivity index (χ3n) is 4.91. The Balaban J connectivity index is 1.81. The van der Waals surface area contributed by atoms with Crippen molar-refractivity contribution in [2.75, 3.05) is 31.7 Å². The number of methoxy groups -OCH3 is 1. The number of nitriles is 1. The molecule has 1 N–H and O–H groups in total. The van der Waals surface area contributed by atoms with Crippen LogP contribution in [0, 0.1) is 16.7 Å². The third kappa shape index (κ3) is 3.92. The molecule has 0 amide bonds. The van der Waals surface area contributed by atoms with E-state index in [1.165, 1.54) is 0 Å². The van der Waals surface area contributed by atoms with Gasteiger partial charge in [-0.2, -0.15) is 5.26 Å². The summed E-state index contributed by atoms with van der Waals surface area (Å²) in [5.41, 5.74) is 1.56. The molecule has 0 radical (unpaired) electrons. The van der Waals surface area contributed by atoms with Crippen molar-refractivity contribution in [3.05, 3.63) is 53.7 Å². The molecule has 1 saturated heterocycles. The van der Waals surface area contributed by atoms with Gasteiger partial charge in [-0.15, -0.1) is 0 Å². The monoisotopic (exact) mass is 337 g/mol. The van der Waals surface area contributed by atoms with Gasteiger partial charge in [0.2, 0.25) is 0 Å². The Labute approximate surface area is 148 Å². The molecule has 1 aromatic carbocycles. The Kier molecular flexibility index (Phi) is 5.20. The Morgan fingerprint density at radius 2 is 2.24 bits per heavy atom. The molecule has 5 nitrogen and oxygen atoms in total. The Morgan fingerprint density at radius 3 is 3.00 bits per heavy atom. The second kappa shape index (κ2) is 7.54. The fraction of sp³-hybridized carbons (Fsp3) is 0.400. The molecule has 5 heteroatoms. The predicted octanol–water partition coefficient (Wildman–Crippen LogP) is 2.78. The molecule has 0 bridgehead atoms. The number of ether oxygens (including phenoxy) is 1. The van der Waals surface area contributed by atoms with E-state index in [4.69, 9.17) is 10.00 Å². The summed E-state index contributed by atoms with van der Waals surface area (Å²) < 4.78 is 5.31. The van der Waals surface area contributed by atoms with E-state index in [1.807, 2.05) is 24.3 Å². The van der Waals surface area contributed by atoms with Gasteiger partial charge in [0.05, 0.1) is 25.3 Å². The van der Waals surface area contributed by atoms with Crippen molar-refractivity contribution in [2.45, 2.75) is 19.3 Å². The summed E-state index contributed by atoms with van der Waals surface area (Å²) in [6.07, 6.45) is 4.42. The van der Waals surface area contributed by atoms with Gasteiger partial charge in [0.25, 0.3) is 0 Å². The quantitative estimate of drug-likeness (QED) is 0.908. The van der Waals surface area contributed by atoms with E-state index in [0.29, 0.717) is 5.56 Å². The molecule has 2 heterocycles. The van der Waals surface area contributed by atoms with Crippen LogP contribution in [0.15, 0.2) is 42.6 Å². The highest BCUT2D eigenvalue weighted by atomic mass is 16.5. The minimum Gasteiger partial charge on any atom is -0.497 e. The lowest BCUT2D eigenvalue weighted by molar-refractivity contribution is 0.105. The first-order valence-corrected chi connectivity index (χ1v) is 8.53. The molecule has 1 atom stereocenters. The van der Waals surface area contributed by atoms with Crippen LogP contribution in [0.2, 0.25) is 0 Å². The predicted molar refractivity (Wildman–Crippen MR) is 96.6 cm³/mol. The van der Waals surface area contributed by atoms with Crippen molar-refractivity contribution in [1.29, 1.82) is 5.26 Å².